The predicted octanol–water partition coefficient (Wildman–Crippen LogP) is 2.26. The fourth-order valence-corrected chi connectivity index (χ4v) is 3.41. The molecule has 1 fully saturated rings. The lowest BCUT2D eigenvalue weighted by Crippen LogP contribution is -2.49. The van der Waals surface area contributed by atoms with Crippen LogP contribution in [-0.4, -0.2) is 46.8 Å². The first-order valence-electron chi connectivity index (χ1n) is 8.40. The lowest BCUT2D eigenvalue weighted by molar-refractivity contribution is -0.142. The normalized spacial score (nSPS) is 23.1. The molecule has 0 bridgehead atoms. The fourth-order valence-electron chi connectivity index (χ4n) is 3.41. The number of carbonyl (C=O) groups excluding carboxylic acids is 1. The zero-order valence-corrected chi connectivity index (χ0v) is 13.7. The minimum absolute atomic E-state index is 0.00135. The van der Waals surface area contributed by atoms with Gasteiger partial charge in [-0.1, -0.05) is 12.1 Å². The molecule has 0 aliphatic carbocycles. The Morgan fingerprint density at radius 2 is 2.17 bits per heavy atom. The van der Waals surface area contributed by atoms with E-state index in [4.69, 9.17) is 9.47 Å². The van der Waals surface area contributed by atoms with E-state index in [-0.39, 0.29) is 18.4 Å². The number of H-pyrrole nitrogens is 1. The number of rotatable bonds is 2. The van der Waals surface area contributed by atoms with Crippen molar-refractivity contribution >= 4 is 5.91 Å². The van der Waals surface area contributed by atoms with Crippen molar-refractivity contribution in [1.82, 2.24) is 15.1 Å². The van der Waals surface area contributed by atoms with Crippen LogP contribution in [0.3, 0.4) is 0 Å². The molecule has 126 valence electrons. The van der Waals surface area contributed by atoms with Crippen LogP contribution < -0.4 is 9.47 Å². The van der Waals surface area contributed by atoms with Gasteiger partial charge in [-0.3, -0.25) is 9.89 Å². The van der Waals surface area contributed by atoms with Crippen LogP contribution in [0.15, 0.2) is 30.3 Å². The maximum atomic E-state index is 12.8. The molecule has 1 aromatic carbocycles. The molecule has 6 heteroatoms. The molecule has 1 aromatic heterocycles. The van der Waals surface area contributed by atoms with E-state index < -0.39 is 6.10 Å². The zero-order chi connectivity index (χ0) is 16.5. The Morgan fingerprint density at radius 3 is 2.96 bits per heavy atom. The number of hydrogen-bond donors (Lipinski definition) is 1. The van der Waals surface area contributed by atoms with Crippen LogP contribution in [0.1, 0.15) is 30.1 Å². The first-order valence-corrected chi connectivity index (χ1v) is 8.40. The summed E-state index contributed by atoms with van der Waals surface area (Å²) >= 11 is 0. The summed E-state index contributed by atoms with van der Waals surface area (Å²) in [6, 6.07) is 9.53. The summed E-state index contributed by atoms with van der Waals surface area (Å²) < 4.78 is 11.5. The predicted molar refractivity (Wildman–Crippen MR) is 88.2 cm³/mol. The van der Waals surface area contributed by atoms with Crippen LogP contribution in [0.25, 0.3) is 0 Å². The number of para-hydroxylation sites is 2. The molecule has 2 unspecified atom stereocenters. The summed E-state index contributed by atoms with van der Waals surface area (Å²) in [6.45, 7) is 3.70. The van der Waals surface area contributed by atoms with Crippen molar-refractivity contribution in [2.24, 2.45) is 0 Å². The maximum absolute atomic E-state index is 12.8. The van der Waals surface area contributed by atoms with Gasteiger partial charge in [0.25, 0.3) is 5.91 Å². The largest absolute Gasteiger partial charge is 0.485 e. The molecular weight excluding hydrogens is 306 g/mol. The lowest BCUT2D eigenvalue weighted by atomic mass is 9.94. The number of aromatic nitrogens is 2. The van der Waals surface area contributed by atoms with Gasteiger partial charge in [-0.2, -0.15) is 5.10 Å². The summed E-state index contributed by atoms with van der Waals surface area (Å²) in [5.74, 6) is 1.62. The van der Waals surface area contributed by atoms with Crippen LogP contribution >= 0.6 is 0 Å². The Hall–Kier alpha value is -2.50. The van der Waals surface area contributed by atoms with Gasteiger partial charge in [0.05, 0.1) is 5.69 Å². The van der Waals surface area contributed by atoms with Gasteiger partial charge < -0.3 is 14.4 Å². The first-order chi connectivity index (χ1) is 11.7. The molecule has 2 aliphatic rings. The summed E-state index contributed by atoms with van der Waals surface area (Å²) in [4.78, 5) is 14.7. The molecule has 2 atom stereocenters. The number of benzene rings is 1. The van der Waals surface area contributed by atoms with E-state index in [1.165, 1.54) is 0 Å². The van der Waals surface area contributed by atoms with Gasteiger partial charge in [0, 0.05) is 24.7 Å². The fraction of sp³-hybridized carbons (Fsp3) is 0.444. The van der Waals surface area contributed by atoms with Gasteiger partial charge in [0.2, 0.25) is 6.10 Å². The molecule has 0 saturated carbocycles. The average molecular weight is 327 g/mol. The molecule has 4 rings (SSSR count). The van der Waals surface area contributed by atoms with Crippen molar-refractivity contribution in [3.05, 3.63) is 41.7 Å². The number of fused-ring (bicyclic) bond motifs is 1. The molecule has 6 nitrogen and oxygen atoms in total. The quantitative estimate of drug-likeness (QED) is 0.919. The molecule has 1 saturated heterocycles. The van der Waals surface area contributed by atoms with Crippen molar-refractivity contribution in [2.45, 2.75) is 31.8 Å². The van der Waals surface area contributed by atoms with E-state index in [1.54, 1.807) is 0 Å². The monoisotopic (exact) mass is 327 g/mol. The van der Waals surface area contributed by atoms with Gasteiger partial charge in [-0.05, 0) is 38.0 Å². The third kappa shape index (κ3) is 2.84. The molecule has 24 heavy (non-hydrogen) atoms. The second-order valence-corrected chi connectivity index (χ2v) is 6.46. The second kappa shape index (κ2) is 6.19. The highest BCUT2D eigenvalue weighted by Gasteiger charge is 2.34. The second-order valence-electron chi connectivity index (χ2n) is 6.46. The van der Waals surface area contributed by atoms with Crippen molar-refractivity contribution in [1.29, 1.82) is 0 Å². The van der Waals surface area contributed by atoms with E-state index >= 15 is 0 Å². The van der Waals surface area contributed by atoms with Gasteiger partial charge in [0.1, 0.15) is 6.61 Å². The Morgan fingerprint density at radius 1 is 1.33 bits per heavy atom. The lowest BCUT2D eigenvalue weighted by Gasteiger charge is -2.35. The van der Waals surface area contributed by atoms with Crippen molar-refractivity contribution in [3.63, 3.8) is 0 Å². The van der Waals surface area contributed by atoms with Gasteiger partial charge in [0.15, 0.2) is 11.5 Å². The molecule has 2 aromatic rings. The third-order valence-electron chi connectivity index (χ3n) is 4.66. The minimum Gasteiger partial charge on any atom is -0.485 e. The maximum Gasteiger partial charge on any atom is 0.267 e. The highest BCUT2D eigenvalue weighted by Crippen LogP contribution is 2.32. The number of hydrogen-bond acceptors (Lipinski definition) is 4. The molecule has 0 radical (unpaired) electrons. The number of carbonyl (C=O) groups is 1. The highest BCUT2D eigenvalue weighted by molar-refractivity contribution is 5.82. The van der Waals surface area contributed by atoms with Gasteiger partial charge in [-0.15, -0.1) is 0 Å². The molecule has 3 heterocycles. The Labute approximate surface area is 140 Å². The smallest absolute Gasteiger partial charge is 0.267 e. The van der Waals surface area contributed by atoms with Crippen molar-refractivity contribution in [3.8, 4) is 11.5 Å². The summed E-state index contributed by atoms with van der Waals surface area (Å²) in [7, 11) is 0. The van der Waals surface area contributed by atoms with Crippen LogP contribution in [0, 0.1) is 6.92 Å². The number of aryl methyl sites for hydroxylation is 1. The third-order valence-corrected chi connectivity index (χ3v) is 4.66. The number of amides is 1. The summed E-state index contributed by atoms with van der Waals surface area (Å²) in [5.41, 5.74) is 2.09. The number of likely N-dealkylation sites (tertiary alicyclic amines) is 1. The van der Waals surface area contributed by atoms with E-state index in [2.05, 4.69) is 16.3 Å². The summed E-state index contributed by atoms with van der Waals surface area (Å²) in [5, 5.41) is 7.34. The molecule has 2 aliphatic heterocycles. The van der Waals surface area contributed by atoms with Crippen LogP contribution in [-0.2, 0) is 4.79 Å². The van der Waals surface area contributed by atoms with E-state index in [9.17, 15) is 4.79 Å². The van der Waals surface area contributed by atoms with E-state index in [0.717, 1.165) is 30.8 Å². The van der Waals surface area contributed by atoms with Crippen molar-refractivity contribution < 1.29 is 14.3 Å². The number of piperidine rings is 1. The first kappa shape index (κ1) is 15.1. The summed E-state index contributed by atoms with van der Waals surface area (Å²) in [6.07, 6.45) is 1.46. The Balaban J connectivity index is 1.45. The van der Waals surface area contributed by atoms with Crippen molar-refractivity contribution in [2.75, 3.05) is 19.7 Å². The van der Waals surface area contributed by atoms with Gasteiger partial charge in [-0.25, -0.2) is 0 Å². The molecule has 1 N–H and O–H groups in total. The van der Waals surface area contributed by atoms with Crippen LogP contribution in [0.4, 0.5) is 0 Å². The van der Waals surface area contributed by atoms with Crippen LogP contribution in [0.2, 0.25) is 0 Å². The zero-order valence-electron chi connectivity index (χ0n) is 13.7. The van der Waals surface area contributed by atoms with Gasteiger partial charge >= 0.3 is 0 Å². The molecule has 0 spiro atoms. The standard InChI is InChI=1S/C18H21N3O3/c1-12-9-14(20-19-12)13-5-4-8-21(10-13)18(22)17-11-23-15-6-2-3-7-16(15)24-17/h2-3,6-7,9,13,17H,4-5,8,10-11H2,1H3,(H,19,20). The number of ether oxygens (including phenoxy) is 2. The molecular formula is C18H21N3O3. The number of nitrogens with one attached hydrogen (secondary N) is 1. The number of nitrogens with zero attached hydrogens (tertiary/aromatic N) is 2. The molecule has 1 amide bonds. The SMILES string of the molecule is Cc1cc(C2CCCN(C(=O)C3COc4ccccc4O3)C2)n[nH]1. The van der Waals surface area contributed by atoms with Crippen LogP contribution in [0.5, 0.6) is 11.5 Å². The average Bonchev–Trinajstić information content (AvgIpc) is 3.07. The van der Waals surface area contributed by atoms with E-state index in [0.29, 0.717) is 18.0 Å². The Bertz CT molecular complexity index is 743. The minimum atomic E-state index is -0.570. The number of aromatic amines is 1. The van der Waals surface area contributed by atoms with E-state index in [1.807, 2.05) is 36.1 Å². The highest BCUT2D eigenvalue weighted by atomic mass is 16.6. The Kier molecular flexibility index (Phi) is 3.88. The topological polar surface area (TPSA) is 67.5 Å².